The van der Waals surface area contributed by atoms with Crippen LogP contribution < -0.4 is 21.4 Å². The smallest absolute Gasteiger partial charge is 0.257 e. The number of hydrogen-bond donors (Lipinski definition) is 4. The predicted octanol–water partition coefficient (Wildman–Crippen LogP) is 0.812. The van der Waals surface area contributed by atoms with Gasteiger partial charge >= 0.3 is 0 Å². The Bertz CT molecular complexity index is 903. The van der Waals surface area contributed by atoms with Gasteiger partial charge in [0.2, 0.25) is 11.3 Å². The number of halogens is 1. The lowest BCUT2D eigenvalue weighted by atomic mass is 9.79. The van der Waals surface area contributed by atoms with Crippen molar-refractivity contribution < 1.29 is 14.3 Å². The van der Waals surface area contributed by atoms with Crippen LogP contribution in [0.5, 0.6) is 0 Å². The third-order valence-electron chi connectivity index (χ3n) is 5.22. The van der Waals surface area contributed by atoms with E-state index in [1.54, 1.807) is 31.4 Å². The van der Waals surface area contributed by atoms with Crippen molar-refractivity contribution in [3.63, 3.8) is 0 Å². The number of fused-ring (bicyclic) bond motifs is 1. The first kappa shape index (κ1) is 22.9. The number of H-pyrrole nitrogens is 1. The van der Waals surface area contributed by atoms with E-state index in [-0.39, 0.29) is 41.3 Å². The van der Waals surface area contributed by atoms with Crippen LogP contribution in [0.25, 0.3) is 10.9 Å². The number of para-hydroxylation sites is 1. The van der Waals surface area contributed by atoms with Gasteiger partial charge in [-0.25, -0.2) is 0 Å². The zero-order valence-electron chi connectivity index (χ0n) is 16.4. The molecule has 3 rings (SSSR count). The highest BCUT2D eigenvalue weighted by Gasteiger charge is 2.32. The average molecular weight is 423 g/mol. The van der Waals surface area contributed by atoms with Gasteiger partial charge in [-0.1, -0.05) is 12.1 Å². The van der Waals surface area contributed by atoms with Gasteiger partial charge in [0.05, 0.1) is 13.2 Å². The van der Waals surface area contributed by atoms with Crippen LogP contribution in [-0.4, -0.2) is 56.7 Å². The average Bonchev–Trinajstić information content (AvgIpc) is 2.72. The second-order valence-corrected chi connectivity index (χ2v) is 7.22. The Morgan fingerprint density at radius 3 is 2.62 bits per heavy atom. The number of carbonyl (C=O) groups is 2. The number of nitrogens with one attached hydrogen (secondary N) is 4. The molecule has 0 spiro atoms. The van der Waals surface area contributed by atoms with Crippen LogP contribution in [0.4, 0.5) is 0 Å². The van der Waals surface area contributed by atoms with Gasteiger partial charge in [-0.15, -0.1) is 12.4 Å². The lowest BCUT2D eigenvalue weighted by molar-refractivity contribution is -0.121. The Kier molecular flexibility index (Phi) is 8.19. The SMILES string of the molecule is COCC1(CNC(=O)CNC(=O)c2c[nH]c3ccccc3c2=O)CCNCC1.Cl. The molecule has 0 radical (unpaired) electrons. The fourth-order valence-electron chi connectivity index (χ4n) is 3.58. The molecule has 8 nitrogen and oxygen atoms in total. The maximum absolute atomic E-state index is 12.5. The molecule has 2 heterocycles. The highest BCUT2D eigenvalue weighted by atomic mass is 35.5. The molecule has 1 aromatic heterocycles. The molecule has 0 bridgehead atoms. The van der Waals surface area contributed by atoms with Crippen LogP contribution in [0.15, 0.2) is 35.3 Å². The molecule has 1 saturated heterocycles. The Morgan fingerprint density at radius 1 is 1.17 bits per heavy atom. The van der Waals surface area contributed by atoms with Crippen LogP contribution in [0.2, 0.25) is 0 Å². The number of amides is 2. The first-order chi connectivity index (χ1) is 13.5. The van der Waals surface area contributed by atoms with Crippen molar-refractivity contribution in [1.82, 2.24) is 20.9 Å². The normalized spacial score (nSPS) is 15.3. The maximum Gasteiger partial charge on any atom is 0.257 e. The minimum atomic E-state index is -0.573. The summed E-state index contributed by atoms with van der Waals surface area (Å²) < 4.78 is 5.33. The fourth-order valence-corrected chi connectivity index (χ4v) is 3.58. The first-order valence-electron chi connectivity index (χ1n) is 9.40. The van der Waals surface area contributed by atoms with Crippen LogP contribution in [0.1, 0.15) is 23.2 Å². The first-order valence-corrected chi connectivity index (χ1v) is 9.40. The number of benzene rings is 1. The molecule has 2 amide bonds. The summed E-state index contributed by atoms with van der Waals surface area (Å²) in [4.78, 5) is 39.9. The molecular formula is C20H27ClN4O4. The number of carbonyl (C=O) groups excluding carboxylic acids is 2. The number of rotatable bonds is 7. The summed E-state index contributed by atoms with van der Waals surface area (Å²) >= 11 is 0. The van der Waals surface area contributed by atoms with Crippen molar-refractivity contribution in [2.24, 2.45) is 5.41 Å². The molecule has 1 fully saturated rings. The predicted molar refractivity (Wildman–Crippen MR) is 114 cm³/mol. The fraction of sp³-hybridized carbons (Fsp3) is 0.450. The van der Waals surface area contributed by atoms with E-state index < -0.39 is 5.91 Å². The van der Waals surface area contributed by atoms with E-state index in [4.69, 9.17) is 4.74 Å². The highest BCUT2D eigenvalue weighted by molar-refractivity contribution is 5.98. The number of ether oxygens (including phenoxy) is 1. The Hall–Kier alpha value is -2.42. The Morgan fingerprint density at radius 2 is 1.90 bits per heavy atom. The molecule has 158 valence electrons. The number of aromatic nitrogens is 1. The van der Waals surface area contributed by atoms with Gasteiger partial charge < -0.3 is 25.7 Å². The molecule has 4 N–H and O–H groups in total. The molecule has 0 saturated carbocycles. The molecule has 9 heteroatoms. The third-order valence-corrected chi connectivity index (χ3v) is 5.22. The summed E-state index contributed by atoms with van der Waals surface area (Å²) in [6.45, 7) is 2.66. The number of pyridine rings is 1. The van der Waals surface area contributed by atoms with E-state index in [9.17, 15) is 14.4 Å². The van der Waals surface area contributed by atoms with E-state index in [0.717, 1.165) is 25.9 Å². The van der Waals surface area contributed by atoms with Crippen molar-refractivity contribution >= 4 is 35.1 Å². The van der Waals surface area contributed by atoms with Gasteiger partial charge in [0.15, 0.2) is 0 Å². The topological polar surface area (TPSA) is 112 Å². The van der Waals surface area contributed by atoms with E-state index >= 15 is 0 Å². The van der Waals surface area contributed by atoms with Gasteiger partial charge in [-0.3, -0.25) is 14.4 Å². The molecule has 2 aromatic rings. The second kappa shape index (κ2) is 10.4. The van der Waals surface area contributed by atoms with Crippen LogP contribution >= 0.6 is 12.4 Å². The third kappa shape index (κ3) is 5.56. The van der Waals surface area contributed by atoms with Gasteiger partial charge in [0, 0.05) is 36.2 Å². The highest BCUT2D eigenvalue weighted by Crippen LogP contribution is 2.28. The molecular weight excluding hydrogens is 396 g/mol. The minimum Gasteiger partial charge on any atom is -0.384 e. The Balaban J connectivity index is 0.00000300. The quantitative estimate of drug-likeness (QED) is 0.527. The number of aromatic amines is 1. The monoisotopic (exact) mass is 422 g/mol. The molecule has 0 unspecified atom stereocenters. The molecule has 1 aromatic carbocycles. The molecule has 29 heavy (non-hydrogen) atoms. The largest absolute Gasteiger partial charge is 0.384 e. The number of hydrogen-bond acceptors (Lipinski definition) is 5. The molecule has 0 atom stereocenters. The summed E-state index contributed by atoms with van der Waals surface area (Å²) in [5.74, 6) is -0.866. The Labute approximate surface area is 175 Å². The van der Waals surface area contributed by atoms with Gasteiger partial charge in [-0.05, 0) is 38.1 Å². The van der Waals surface area contributed by atoms with Crippen molar-refractivity contribution in [3.8, 4) is 0 Å². The summed E-state index contributed by atoms with van der Waals surface area (Å²) in [5, 5.41) is 9.14. The summed E-state index contributed by atoms with van der Waals surface area (Å²) in [5.41, 5.74) is 0.198. The van der Waals surface area contributed by atoms with Gasteiger partial charge in [-0.2, -0.15) is 0 Å². The number of piperidine rings is 1. The zero-order valence-corrected chi connectivity index (χ0v) is 17.2. The summed E-state index contributed by atoms with van der Waals surface area (Å²) in [6, 6.07) is 6.97. The van der Waals surface area contributed by atoms with E-state index in [1.807, 2.05) is 0 Å². The van der Waals surface area contributed by atoms with Crippen molar-refractivity contribution in [1.29, 1.82) is 0 Å². The standard InChI is InChI=1S/C20H26N4O4.ClH/c1-28-13-20(6-8-21-9-7-20)12-24-17(25)11-23-19(27)15-10-22-16-5-3-2-4-14(16)18(15)26;/h2-5,10,21H,6-9,11-13H2,1H3,(H,22,26)(H,23,27)(H,24,25);1H. The second-order valence-electron chi connectivity index (χ2n) is 7.22. The number of methoxy groups -OCH3 is 1. The minimum absolute atomic E-state index is 0. The van der Waals surface area contributed by atoms with Gasteiger partial charge in [0.1, 0.15) is 5.56 Å². The van der Waals surface area contributed by atoms with E-state index in [1.165, 1.54) is 6.20 Å². The van der Waals surface area contributed by atoms with Crippen molar-refractivity contribution in [2.75, 3.05) is 39.9 Å². The maximum atomic E-state index is 12.5. The van der Waals surface area contributed by atoms with E-state index in [0.29, 0.717) is 24.1 Å². The van der Waals surface area contributed by atoms with Crippen LogP contribution in [0.3, 0.4) is 0 Å². The lowest BCUT2D eigenvalue weighted by Crippen LogP contribution is -2.48. The van der Waals surface area contributed by atoms with Crippen molar-refractivity contribution in [3.05, 3.63) is 46.2 Å². The van der Waals surface area contributed by atoms with Crippen molar-refractivity contribution in [2.45, 2.75) is 12.8 Å². The zero-order chi connectivity index (χ0) is 20.0. The van der Waals surface area contributed by atoms with Gasteiger partial charge in [0.25, 0.3) is 5.91 Å². The lowest BCUT2D eigenvalue weighted by Gasteiger charge is -2.37. The molecule has 1 aliphatic heterocycles. The van der Waals surface area contributed by atoms with Crippen LogP contribution in [-0.2, 0) is 9.53 Å². The summed E-state index contributed by atoms with van der Waals surface area (Å²) in [7, 11) is 1.66. The van der Waals surface area contributed by atoms with Crippen LogP contribution in [0, 0.1) is 5.41 Å². The molecule has 0 aliphatic carbocycles. The molecule has 1 aliphatic rings. The van der Waals surface area contributed by atoms with E-state index in [2.05, 4.69) is 20.9 Å². The summed E-state index contributed by atoms with van der Waals surface area (Å²) in [6.07, 6.45) is 3.21.